The molecule has 1 aromatic heterocycles. The molecule has 0 radical (unpaired) electrons. The molecule has 2 N–H and O–H groups in total. The smallest absolute Gasteiger partial charge is 0.244 e. The second-order valence-electron chi connectivity index (χ2n) is 5.13. The van der Waals surface area contributed by atoms with Crippen molar-refractivity contribution in [1.29, 1.82) is 0 Å². The van der Waals surface area contributed by atoms with E-state index in [1.165, 1.54) is 5.56 Å². The number of nitrogen functional groups attached to an aromatic ring is 1. The average Bonchev–Trinajstić information content (AvgIpc) is 3.09. The minimum Gasteiger partial charge on any atom is -0.396 e. The number of anilines is 1. The van der Waals surface area contributed by atoms with Gasteiger partial charge in [0.25, 0.3) is 0 Å². The number of carbonyl (C=O) groups excluding carboxylic acids is 1. The first-order chi connectivity index (χ1) is 9.74. The van der Waals surface area contributed by atoms with Gasteiger partial charge >= 0.3 is 0 Å². The molecule has 5 heteroatoms. The number of hydrogen-bond donors (Lipinski definition) is 1. The summed E-state index contributed by atoms with van der Waals surface area (Å²) in [7, 11) is 0. The largest absolute Gasteiger partial charge is 0.396 e. The predicted molar refractivity (Wildman–Crippen MR) is 76.8 cm³/mol. The van der Waals surface area contributed by atoms with Gasteiger partial charge in [-0.25, -0.2) is 0 Å². The summed E-state index contributed by atoms with van der Waals surface area (Å²) in [6, 6.07) is 10.4. The van der Waals surface area contributed by atoms with E-state index in [4.69, 9.17) is 5.73 Å². The van der Waals surface area contributed by atoms with Gasteiger partial charge in [-0.05, 0) is 18.4 Å². The summed E-state index contributed by atoms with van der Waals surface area (Å²) in [5.74, 6) is 0.0967. The summed E-state index contributed by atoms with van der Waals surface area (Å²) in [5.41, 5.74) is 7.41. The maximum Gasteiger partial charge on any atom is 0.244 e. The Morgan fingerprint density at radius 3 is 2.85 bits per heavy atom. The van der Waals surface area contributed by atoms with Gasteiger partial charge in [-0.3, -0.25) is 9.48 Å². The van der Waals surface area contributed by atoms with Crippen LogP contribution in [0.5, 0.6) is 0 Å². The van der Waals surface area contributed by atoms with E-state index < -0.39 is 0 Å². The van der Waals surface area contributed by atoms with Gasteiger partial charge in [-0.15, -0.1) is 0 Å². The second kappa shape index (κ2) is 5.36. The van der Waals surface area contributed by atoms with Crippen LogP contribution in [0.1, 0.15) is 24.4 Å². The van der Waals surface area contributed by atoms with Crippen LogP contribution in [-0.4, -0.2) is 27.1 Å². The maximum absolute atomic E-state index is 12.4. The lowest BCUT2D eigenvalue weighted by Crippen LogP contribution is -2.33. The number of nitrogens with zero attached hydrogens (tertiary/aromatic N) is 3. The number of amides is 1. The van der Waals surface area contributed by atoms with Crippen molar-refractivity contribution in [3.63, 3.8) is 0 Å². The molecule has 3 rings (SSSR count). The Hall–Kier alpha value is -2.30. The van der Waals surface area contributed by atoms with E-state index in [0.717, 1.165) is 19.4 Å². The van der Waals surface area contributed by atoms with Crippen molar-refractivity contribution < 1.29 is 4.79 Å². The van der Waals surface area contributed by atoms with Gasteiger partial charge in [0, 0.05) is 12.7 Å². The highest BCUT2D eigenvalue weighted by molar-refractivity contribution is 5.76. The standard InChI is InChI=1S/C15H18N4O/c16-13-9-17-18(10-13)11-15(20)19-8-4-7-14(19)12-5-2-1-3-6-12/h1-3,5-6,9-10,14H,4,7-8,11,16H2. The summed E-state index contributed by atoms with van der Waals surface area (Å²) in [6.07, 6.45) is 5.32. The first-order valence-corrected chi connectivity index (χ1v) is 6.86. The molecule has 2 heterocycles. The van der Waals surface area contributed by atoms with E-state index >= 15 is 0 Å². The predicted octanol–water partition coefficient (Wildman–Crippen LogP) is 1.83. The number of nitrogens with two attached hydrogens (primary N) is 1. The Kier molecular flexibility index (Phi) is 3.41. The minimum atomic E-state index is 0.0967. The van der Waals surface area contributed by atoms with E-state index in [1.54, 1.807) is 17.1 Å². The van der Waals surface area contributed by atoms with E-state index in [1.807, 2.05) is 23.1 Å². The van der Waals surface area contributed by atoms with Gasteiger partial charge in [-0.1, -0.05) is 30.3 Å². The molecule has 1 unspecified atom stereocenters. The third-order valence-electron chi connectivity index (χ3n) is 3.71. The fourth-order valence-corrected chi connectivity index (χ4v) is 2.78. The van der Waals surface area contributed by atoms with E-state index in [2.05, 4.69) is 17.2 Å². The SMILES string of the molecule is Nc1cnn(CC(=O)N2CCCC2c2ccccc2)c1. The molecule has 1 amide bonds. The monoisotopic (exact) mass is 270 g/mol. The highest BCUT2D eigenvalue weighted by atomic mass is 16.2. The molecule has 1 aliphatic heterocycles. The lowest BCUT2D eigenvalue weighted by atomic mass is 10.0. The molecule has 0 aliphatic carbocycles. The molecular weight excluding hydrogens is 252 g/mol. The Morgan fingerprint density at radius 2 is 2.15 bits per heavy atom. The van der Waals surface area contributed by atoms with Crippen molar-refractivity contribution in [2.45, 2.75) is 25.4 Å². The van der Waals surface area contributed by atoms with Crippen molar-refractivity contribution in [3.8, 4) is 0 Å². The zero-order chi connectivity index (χ0) is 13.9. The summed E-state index contributed by atoms with van der Waals surface area (Å²) >= 11 is 0. The van der Waals surface area contributed by atoms with Crippen LogP contribution >= 0.6 is 0 Å². The number of hydrogen-bond acceptors (Lipinski definition) is 3. The summed E-state index contributed by atoms with van der Waals surface area (Å²) in [5, 5.41) is 4.07. The fourth-order valence-electron chi connectivity index (χ4n) is 2.78. The van der Waals surface area contributed by atoms with Crippen molar-refractivity contribution in [2.24, 2.45) is 0 Å². The first kappa shape index (κ1) is 12.7. The number of aromatic nitrogens is 2. The van der Waals surface area contributed by atoms with E-state index in [0.29, 0.717) is 5.69 Å². The third kappa shape index (κ3) is 2.52. The Balaban J connectivity index is 1.73. The van der Waals surface area contributed by atoms with Crippen LogP contribution in [0.15, 0.2) is 42.7 Å². The van der Waals surface area contributed by atoms with E-state index in [9.17, 15) is 4.79 Å². The molecule has 20 heavy (non-hydrogen) atoms. The van der Waals surface area contributed by atoms with Gasteiger partial charge in [0.1, 0.15) is 6.54 Å². The molecule has 0 saturated carbocycles. The number of rotatable bonds is 3. The third-order valence-corrected chi connectivity index (χ3v) is 3.71. The summed E-state index contributed by atoms with van der Waals surface area (Å²) < 4.78 is 1.60. The topological polar surface area (TPSA) is 64.1 Å². The fraction of sp³-hybridized carbons (Fsp3) is 0.333. The molecule has 0 spiro atoms. The molecular formula is C15H18N4O. The Bertz CT molecular complexity index is 593. The first-order valence-electron chi connectivity index (χ1n) is 6.86. The molecule has 1 fully saturated rings. The number of likely N-dealkylation sites (tertiary alicyclic amines) is 1. The van der Waals surface area contributed by atoms with Crippen LogP contribution < -0.4 is 5.73 Å². The van der Waals surface area contributed by atoms with Crippen LogP contribution in [0.2, 0.25) is 0 Å². The lowest BCUT2D eigenvalue weighted by Gasteiger charge is -2.25. The van der Waals surface area contributed by atoms with Crippen molar-refractivity contribution in [2.75, 3.05) is 12.3 Å². The highest BCUT2D eigenvalue weighted by Crippen LogP contribution is 2.31. The molecule has 1 atom stereocenters. The van der Waals surface area contributed by atoms with Gasteiger partial charge in [0.05, 0.1) is 17.9 Å². The molecule has 5 nitrogen and oxygen atoms in total. The van der Waals surface area contributed by atoms with Crippen LogP contribution in [-0.2, 0) is 11.3 Å². The maximum atomic E-state index is 12.4. The van der Waals surface area contributed by atoms with Crippen LogP contribution in [0, 0.1) is 0 Å². The summed E-state index contributed by atoms with van der Waals surface area (Å²) in [6.45, 7) is 1.07. The molecule has 1 aliphatic rings. The van der Waals surface area contributed by atoms with Crippen molar-refractivity contribution in [1.82, 2.24) is 14.7 Å². The van der Waals surface area contributed by atoms with Crippen LogP contribution in [0.25, 0.3) is 0 Å². The number of carbonyl (C=O) groups is 1. The summed E-state index contributed by atoms with van der Waals surface area (Å²) in [4.78, 5) is 14.4. The van der Waals surface area contributed by atoms with Gasteiger partial charge < -0.3 is 10.6 Å². The zero-order valence-corrected chi connectivity index (χ0v) is 11.3. The molecule has 104 valence electrons. The Morgan fingerprint density at radius 1 is 1.35 bits per heavy atom. The average molecular weight is 270 g/mol. The van der Waals surface area contributed by atoms with Gasteiger partial charge in [0.2, 0.25) is 5.91 Å². The molecule has 2 aromatic rings. The minimum absolute atomic E-state index is 0.0967. The Labute approximate surface area is 118 Å². The van der Waals surface area contributed by atoms with Crippen molar-refractivity contribution >= 4 is 11.6 Å². The van der Waals surface area contributed by atoms with Crippen LogP contribution in [0.3, 0.4) is 0 Å². The molecule has 1 aromatic carbocycles. The van der Waals surface area contributed by atoms with E-state index in [-0.39, 0.29) is 18.5 Å². The normalized spacial score (nSPS) is 18.4. The quantitative estimate of drug-likeness (QED) is 0.925. The number of benzene rings is 1. The van der Waals surface area contributed by atoms with Gasteiger partial charge in [-0.2, -0.15) is 5.10 Å². The second-order valence-corrected chi connectivity index (χ2v) is 5.13. The molecule has 0 bridgehead atoms. The van der Waals surface area contributed by atoms with Gasteiger partial charge in [0.15, 0.2) is 0 Å². The zero-order valence-electron chi connectivity index (χ0n) is 11.3. The van der Waals surface area contributed by atoms with Crippen molar-refractivity contribution in [3.05, 3.63) is 48.3 Å². The lowest BCUT2D eigenvalue weighted by molar-refractivity contribution is -0.133. The van der Waals surface area contributed by atoms with Crippen LogP contribution in [0.4, 0.5) is 5.69 Å². The molecule has 1 saturated heterocycles. The highest BCUT2D eigenvalue weighted by Gasteiger charge is 2.29.